The Morgan fingerprint density at radius 1 is 1.50 bits per heavy atom. The largest absolute Gasteiger partial charge is 0.487 e. The van der Waals surface area contributed by atoms with E-state index in [1.54, 1.807) is 24.3 Å². The van der Waals surface area contributed by atoms with Crippen molar-refractivity contribution in [2.24, 2.45) is 5.73 Å². The lowest BCUT2D eigenvalue weighted by Gasteiger charge is -2.13. The van der Waals surface area contributed by atoms with Crippen LogP contribution in [0.15, 0.2) is 36.0 Å². The van der Waals surface area contributed by atoms with E-state index in [1.807, 2.05) is 22.2 Å². The molecule has 0 unspecified atom stereocenters. The molecule has 2 heterocycles. The van der Waals surface area contributed by atoms with Crippen molar-refractivity contribution in [2.45, 2.75) is 19.6 Å². The number of fused-ring (bicyclic) bond motifs is 1. The molecule has 2 aromatic heterocycles. The van der Waals surface area contributed by atoms with E-state index >= 15 is 0 Å². The predicted octanol–water partition coefficient (Wildman–Crippen LogP) is 3.13. The molecule has 1 aromatic carbocycles. The molecule has 6 heteroatoms. The van der Waals surface area contributed by atoms with Gasteiger partial charge in [0.05, 0.1) is 5.69 Å². The Balaban J connectivity index is 1.79. The summed E-state index contributed by atoms with van der Waals surface area (Å²) in [6.07, 6.45) is 3.86. The Morgan fingerprint density at radius 3 is 3.10 bits per heavy atom. The first-order valence-electron chi connectivity index (χ1n) is 6.22. The quantitative estimate of drug-likeness (QED) is 0.803. The average Bonchev–Trinajstić information content (AvgIpc) is 2.97. The van der Waals surface area contributed by atoms with Crippen molar-refractivity contribution >= 4 is 16.3 Å². The molecule has 0 saturated heterocycles. The van der Waals surface area contributed by atoms with Crippen molar-refractivity contribution < 1.29 is 9.13 Å². The summed E-state index contributed by atoms with van der Waals surface area (Å²) >= 11 is 1.57. The molecule has 0 fully saturated rings. The topological polar surface area (TPSA) is 52.5 Å². The monoisotopic (exact) mass is 291 g/mol. The van der Waals surface area contributed by atoms with Crippen LogP contribution >= 0.6 is 11.3 Å². The summed E-state index contributed by atoms with van der Waals surface area (Å²) in [5, 5.41) is 1.97. The SMILES string of the molecule is C[C@H](N)c1cc(F)ccc1OCc1cn2ccsc2n1. The fourth-order valence-electron chi connectivity index (χ4n) is 2.00. The summed E-state index contributed by atoms with van der Waals surface area (Å²) in [5.41, 5.74) is 7.32. The molecule has 0 aliphatic heterocycles. The zero-order valence-corrected chi connectivity index (χ0v) is 11.7. The van der Waals surface area contributed by atoms with Gasteiger partial charge in [-0.3, -0.25) is 4.40 Å². The summed E-state index contributed by atoms with van der Waals surface area (Å²) in [5.74, 6) is 0.282. The molecule has 20 heavy (non-hydrogen) atoms. The van der Waals surface area contributed by atoms with Crippen molar-refractivity contribution in [3.63, 3.8) is 0 Å². The number of imidazole rings is 1. The third-order valence-electron chi connectivity index (χ3n) is 2.98. The standard InChI is InChI=1S/C14H14FN3OS/c1-9(16)12-6-10(15)2-3-13(12)19-8-11-7-18-4-5-20-14(18)17-11/h2-7,9H,8,16H2,1H3/t9-/m0/s1. The Hall–Kier alpha value is -1.92. The molecule has 0 amide bonds. The van der Waals surface area contributed by atoms with Crippen molar-refractivity contribution in [2.75, 3.05) is 0 Å². The van der Waals surface area contributed by atoms with Gasteiger partial charge in [-0.15, -0.1) is 11.3 Å². The van der Waals surface area contributed by atoms with Gasteiger partial charge in [-0.1, -0.05) is 0 Å². The molecular formula is C14H14FN3OS. The predicted molar refractivity (Wildman–Crippen MR) is 76.4 cm³/mol. The molecule has 4 nitrogen and oxygen atoms in total. The summed E-state index contributed by atoms with van der Waals surface area (Å²) in [4.78, 5) is 5.36. The lowest BCUT2D eigenvalue weighted by molar-refractivity contribution is 0.297. The van der Waals surface area contributed by atoms with Gasteiger partial charge in [0.2, 0.25) is 0 Å². The first kappa shape index (κ1) is 13.1. The van der Waals surface area contributed by atoms with Crippen LogP contribution in [-0.2, 0) is 6.61 Å². The zero-order chi connectivity index (χ0) is 14.1. The Labute approximate surface area is 119 Å². The highest BCUT2D eigenvalue weighted by atomic mass is 32.1. The highest BCUT2D eigenvalue weighted by molar-refractivity contribution is 7.15. The fourth-order valence-corrected chi connectivity index (χ4v) is 2.72. The zero-order valence-electron chi connectivity index (χ0n) is 10.9. The van der Waals surface area contributed by atoms with Crippen molar-refractivity contribution in [1.82, 2.24) is 9.38 Å². The molecule has 0 bridgehead atoms. The number of halogens is 1. The van der Waals surface area contributed by atoms with E-state index in [0.29, 0.717) is 17.9 Å². The summed E-state index contributed by atoms with van der Waals surface area (Å²) in [7, 11) is 0. The Kier molecular flexibility index (Phi) is 3.42. The summed E-state index contributed by atoms with van der Waals surface area (Å²) < 4.78 is 20.9. The molecule has 0 aliphatic rings. The number of rotatable bonds is 4. The molecule has 2 N–H and O–H groups in total. The van der Waals surface area contributed by atoms with E-state index in [1.165, 1.54) is 12.1 Å². The van der Waals surface area contributed by atoms with Crippen molar-refractivity contribution in [3.8, 4) is 5.75 Å². The molecular weight excluding hydrogens is 277 g/mol. The van der Waals surface area contributed by atoms with E-state index in [4.69, 9.17) is 10.5 Å². The third-order valence-corrected chi connectivity index (χ3v) is 3.75. The average molecular weight is 291 g/mol. The second-order valence-corrected chi connectivity index (χ2v) is 5.46. The maximum atomic E-state index is 13.2. The number of benzene rings is 1. The van der Waals surface area contributed by atoms with Crippen LogP contribution in [0.1, 0.15) is 24.2 Å². The minimum absolute atomic E-state index is 0.286. The van der Waals surface area contributed by atoms with Crippen molar-refractivity contribution in [3.05, 3.63) is 53.0 Å². The molecule has 0 radical (unpaired) electrons. The second-order valence-electron chi connectivity index (χ2n) is 4.58. The second kappa shape index (κ2) is 5.22. The number of aromatic nitrogens is 2. The van der Waals surface area contributed by atoms with E-state index in [-0.39, 0.29) is 11.9 Å². The van der Waals surface area contributed by atoms with E-state index < -0.39 is 0 Å². The van der Waals surface area contributed by atoms with Gasteiger partial charge in [0, 0.05) is 29.4 Å². The maximum absolute atomic E-state index is 13.2. The normalized spacial score (nSPS) is 12.8. The van der Waals surface area contributed by atoms with Gasteiger partial charge in [-0.05, 0) is 25.1 Å². The van der Waals surface area contributed by atoms with Crippen LogP contribution in [0.3, 0.4) is 0 Å². The van der Waals surface area contributed by atoms with Crippen LogP contribution in [0.5, 0.6) is 5.75 Å². The lowest BCUT2D eigenvalue weighted by atomic mass is 10.1. The molecule has 0 spiro atoms. The smallest absolute Gasteiger partial charge is 0.193 e. The van der Waals surface area contributed by atoms with Crippen LogP contribution in [0, 0.1) is 5.82 Å². The van der Waals surface area contributed by atoms with E-state index in [2.05, 4.69) is 4.98 Å². The molecule has 104 valence electrons. The first-order valence-corrected chi connectivity index (χ1v) is 7.10. The fraction of sp³-hybridized carbons (Fsp3) is 0.214. The van der Waals surface area contributed by atoms with Gasteiger partial charge in [-0.2, -0.15) is 0 Å². The molecule has 3 rings (SSSR count). The first-order chi connectivity index (χ1) is 9.63. The highest BCUT2D eigenvalue weighted by Crippen LogP contribution is 2.25. The molecule has 0 aliphatic carbocycles. The van der Waals surface area contributed by atoms with E-state index in [9.17, 15) is 4.39 Å². The van der Waals surface area contributed by atoms with Crippen LogP contribution in [0.2, 0.25) is 0 Å². The summed E-state index contributed by atoms with van der Waals surface area (Å²) in [6.45, 7) is 2.13. The number of hydrogen-bond donors (Lipinski definition) is 1. The van der Waals surface area contributed by atoms with Crippen LogP contribution < -0.4 is 10.5 Å². The van der Waals surface area contributed by atoms with Crippen LogP contribution in [0.4, 0.5) is 4.39 Å². The molecule has 0 saturated carbocycles. The third kappa shape index (κ3) is 2.52. The van der Waals surface area contributed by atoms with Gasteiger partial charge in [0.15, 0.2) is 4.96 Å². The van der Waals surface area contributed by atoms with Gasteiger partial charge < -0.3 is 10.5 Å². The minimum Gasteiger partial charge on any atom is -0.487 e. The number of ether oxygens (including phenoxy) is 1. The molecule has 3 aromatic rings. The Bertz CT molecular complexity index is 706. The number of nitrogens with two attached hydrogens (primary N) is 1. The van der Waals surface area contributed by atoms with Gasteiger partial charge >= 0.3 is 0 Å². The van der Waals surface area contributed by atoms with E-state index in [0.717, 1.165) is 10.7 Å². The summed E-state index contributed by atoms with van der Waals surface area (Å²) in [6, 6.07) is 4.09. The van der Waals surface area contributed by atoms with Crippen molar-refractivity contribution in [1.29, 1.82) is 0 Å². The van der Waals surface area contributed by atoms with Crippen LogP contribution in [0.25, 0.3) is 4.96 Å². The lowest BCUT2D eigenvalue weighted by Crippen LogP contribution is -2.08. The number of hydrogen-bond acceptors (Lipinski definition) is 4. The maximum Gasteiger partial charge on any atom is 0.193 e. The molecule has 1 atom stereocenters. The van der Waals surface area contributed by atoms with Gasteiger partial charge in [0.1, 0.15) is 18.2 Å². The Morgan fingerprint density at radius 2 is 2.35 bits per heavy atom. The van der Waals surface area contributed by atoms with Gasteiger partial charge in [-0.25, -0.2) is 9.37 Å². The highest BCUT2D eigenvalue weighted by Gasteiger charge is 2.11. The number of nitrogens with zero attached hydrogens (tertiary/aromatic N) is 2. The minimum atomic E-state index is -0.313. The van der Waals surface area contributed by atoms with Crippen LogP contribution in [-0.4, -0.2) is 9.38 Å². The number of thiazole rings is 1. The van der Waals surface area contributed by atoms with Gasteiger partial charge in [0.25, 0.3) is 0 Å².